The SMILES string of the molecule is CCOc1ccc(C(C)NC(=NC)NCc2ccc(N(C)C)cc2)cc1OCC. The number of rotatable bonds is 9. The number of nitrogens with one attached hydrogen (secondary N) is 2. The van der Waals surface area contributed by atoms with Crippen LogP contribution in [0.2, 0.25) is 0 Å². The molecule has 0 saturated carbocycles. The fraction of sp³-hybridized carbons (Fsp3) is 0.435. The molecule has 0 spiro atoms. The first-order chi connectivity index (χ1) is 14.0. The fourth-order valence-corrected chi connectivity index (χ4v) is 2.92. The first-order valence-corrected chi connectivity index (χ1v) is 10.1. The second kappa shape index (κ2) is 11.2. The van der Waals surface area contributed by atoms with Crippen molar-refractivity contribution < 1.29 is 9.47 Å². The Morgan fingerprint density at radius 1 is 1.00 bits per heavy atom. The van der Waals surface area contributed by atoms with Gasteiger partial charge in [0.15, 0.2) is 17.5 Å². The molecule has 6 nitrogen and oxygen atoms in total. The van der Waals surface area contributed by atoms with E-state index in [9.17, 15) is 0 Å². The Hall–Kier alpha value is -2.89. The standard InChI is InChI=1S/C23H34N4O2/c1-7-28-21-14-11-19(15-22(21)29-8-2)17(3)26-23(24-4)25-16-18-9-12-20(13-10-18)27(5)6/h9-15,17H,7-8,16H2,1-6H3,(H2,24,25,26). The Kier molecular flexibility index (Phi) is 8.65. The van der Waals surface area contributed by atoms with Crippen molar-refractivity contribution in [1.82, 2.24) is 10.6 Å². The third-order valence-corrected chi connectivity index (χ3v) is 4.56. The van der Waals surface area contributed by atoms with Crippen molar-refractivity contribution in [3.8, 4) is 11.5 Å². The fourth-order valence-electron chi connectivity index (χ4n) is 2.92. The van der Waals surface area contributed by atoms with Gasteiger partial charge in [0.05, 0.1) is 19.3 Å². The molecule has 0 radical (unpaired) electrons. The van der Waals surface area contributed by atoms with E-state index in [1.165, 1.54) is 11.3 Å². The number of aliphatic imine (C=N–C) groups is 1. The Bertz CT molecular complexity index is 788. The highest BCUT2D eigenvalue weighted by Gasteiger charge is 2.12. The molecule has 2 N–H and O–H groups in total. The average molecular weight is 399 g/mol. The van der Waals surface area contributed by atoms with Gasteiger partial charge in [0.25, 0.3) is 0 Å². The van der Waals surface area contributed by atoms with Crippen molar-refractivity contribution in [2.75, 3.05) is 39.3 Å². The normalized spacial score (nSPS) is 12.3. The summed E-state index contributed by atoms with van der Waals surface area (Å²) in [5.74, 6) is 2.29. The predicted octanol–water partition coefficient (Wildman–Crippen LogP) is 3.98. The maximum absolute atomic E-state index is 5.74. The Labute approximate surface area is 174 Å². The highest BCUT2D eigenvalue weighted by Crippen LogP contribution is 2.30. The summed E-state index contributed by atoms with van der Waals surface area (Å²) < 4.78 is 11.4. The molecule has 2 rings (SSSR count). The topological polar surface area (TPSA) is 58.1 Å². The predicted molar refractivity (Wildman–Crippen MR) is 121 cm³/mol. The second-order valence-electron chi connectivity index (χ2n) is 6.92. The zero-order chi connectivity index (χ0) is 21.2. The lowest BCUT2D eigenvalue weighted by molar-refractivity contribution is 0.287. The maximum Gasteiger partial charge on any atom is 0.191 e. The summed E-state index contributed by atoms with van der Waals surface area (Å²) in [5.41, 5.74) is 3.49. The number of hydrogen-bond donors (Lipinski definition) is 2. The lowest BCUT2D eigenvalue weighted by Gasteiger charge is -2.20. The van der Waals surface area contributed by atoms with Gasteiger partial charge < -0.3 is 25.0 Å². The van der Waals surface area contributed by atoms with E-state index in [4.69, 9.17) is 9.47 Å². The Balaban J connectivity index is 2.00. The molecular formula is C23H34N4O2. The molecule has 158 valence electrons. The molecule has 29 heavy (non-hydrogen) atoms. The van der Waals surface area contributed by atoms with Gasteiger partial charge in [0.1, 0.15) is 0 Å². The van der Waals surface area contributed by atoms with E-state index in [0.717, 1.165) is 23.0 Å². The first-order valence-electron chi connectivity index (χ1n) is 10.1. The van der Waals surface area contributed by atoms with Crippen molar-refractivity contribution in [2.24, 2.45) is 4.99 Å². The van der Waals surface area contributed by atoms with Crippen LogP contribution in [0.5, 0.6) is 11.5 Å². The summed E-state index contributed by atoms with van der Waals surface area (Å²) in [5, 5.41) is 6.81. The summed E-state index contributed by atoms with van der Waals surface area (Å²) in [4.78, 5) is 6.44. The number of anilines is 1. The molecule has 6 heteroatoms. The van der Waals surface area contributed by atoms with Crippen LogP contribution in [0.4, 0.5) is 5.69 Å². The van der Waals surface area contributed by atoms with Gasteiger partial charge in [-0.15, -0.1) is 0 Å². The van der Waals surface area contributed by atoms with Crippen LogP contribution < -0.4 is 25.0 Å². The summed E-state index contributed by atoms with van der Waals surface area (Å²) in [7, 11) is 5.86. The molecule has 1 atom stereocenters. The third-order valence-electron chi connectivity index (χ3n) is 4.56. The molecule has 0 aliphatic carbocycles. The van der Waals surface area contributed by atoms with Crippen LogP contribution in [0, 0.1) is 0 Å². The molecule has 0 aliphatic rings. The minimum Gasteiger partial charge on any atom is -0.490 e. The molecule has 0 aromatic heterocycles. The third kappa shape index (κ3) is 6.59. The van der Waals surface area contributed by atoms with Crippen LogP contribution in [0.1, 0.15) is 37.9 Å². The van der Waals surface area contributed by atoms with E-state index in [2.05, 4.69) is 57.8 Å². The van der Waals surface area contributed by atoms with E-state index in [0.29, 0.717) is 19.8 Å². The molecular weight excluding hydrogens is 364 g/mol. The van der Waals surface area contributed by atoms with Crippen LogP contribution >= 0.6 is 0 Å². The van der Waals surface area contributed by atoms with E-state index < -0.39 is 0 Å². The van der Waals surface area contributed by atoms with Crippen molar-refractivity contribution in [3.63, 3.8) is 0 Å². The lowest BCUT2D eigenvalue weighted by Crippen LogP contribution is -2.38. The molecule has 0 fully saturated rings. The molecule has 1 unspecified atom stereocenters. The summed E-state index contributed by atoms with van der Waals surface area (Å²) in [6.45, 7) is 7.96. The first kappa shape index (κ1) is 22.4. The summed E-state index contributed by atoms with van der Waals surface area (Å²) in [6.07, 6.45) is 0. The van der Waals surface area contributed by atoms with Crippen LogP contribution in [0.25, 0.3) is 0 Å². The van der Waals surface area contributed by atoms with Crippen molar-refractivity contribution >= 4 is 11.6 Å². The quantitative estimate of drug-likeness (QED) is 0.494. The highest BCUT2D eigenvalue weighted by atomic mass is 16.5. The van der Waals surface area contributed by atoms with Gasteiger partial charge in [-0.05, 0) is 56.2 Å². The number of benzene rings is 2. The lowest BCUT2D eigenvalue weighted by atomic mass is 10.1. The smallest absolute Gasteiger partial charge is 0.191 e. The number of hydrogen-bond acceptors (Lipinski definition) is 4. The minimum atomic E-state index is 0.0622. The Morgan fingerprint density at radius 2 is 1.66 bits per heavy atom. The number of guanidine groups is 1. The van der Waals surface area contributed by atoms with Crippen molar-refractivity contribution in [3.05, 3.63) is 53.6 Å². The van der Waals surface area contributed by atoms with Gasteiger partial charge in [-0.3, -0.25) is 4.99 Å². The van der Waals surface area contributed by atoms with E-state index in [1.54, 1.807) is 7.05 Å². The van der Waals surface area contributed by atoms with Crippen molar-refractivity contribution in [2.45, 2.75) is 33.4 Å². The molecule has 0 saturated heterocycles. The molecule has 0 aliphatic heterocycles. The van der Waals surface area contributed by atoms with Gasteiger partial charge >= 0.3 is 0 Å². The van der Waals surface area contributed by atoms with Gasteiger partial charge in [0.2, 0.25) is 0 Å². The van der Waals surface area contributed by atoms with Crippen LogP contribution in [-0.2, 0) is 6.54 Å². The minimum absolute atomic E-state index is 0.0622. The second-order valence-corrected chi connectivity index (χ2v) is 6.92. The van der Waals surface area contributed by atoms with Gasteiger partial charge in [0, 0.05) is 33.4 Å². The van der Waals surface area contributed by atoms with Crippen LogP contribution in [0.15, 0.2) is 47.5 Å². The van der Waals surface area contributed by atoms with E-state index >= 15 is 0 Å². The molecule has 0 heterocycles. The van der Waals surface area contributed by atoms with Crippen molar-refractivity contribution in [1.29, 1.82) is 0 Å². The zero-order valence-corrected chi connectivity index (χ0v) is 18.5. The molecule has 0 bridgehead atoms. The summed E-state index contributed by atoms with van der Waals surface area (Å²) >= 11 is 0. The van der Waals surface area contributed by atoms with Crippen LogP contribution in [-0.4, -0.2) is 40.3 Å². The number of nitrogens with zero attached hydrogens (tertiary/aromatic N) is 2. The number of ether oxygens (including phenoxy) is 2. The van der Waals surface area contributed by atoms with E-state index in [1.807, 2.05) is 40.1 Å². The van der Waals surface area contributed by atoms with Crippen LogP contribution in [0.3, 0.4) is 0 Å². The monoisotopic (exact) mass is 398 g/mol. The van der Waals surface area contributed by atoms with Gasteiger partial charge in [-0.2, -0.15) is 0 Å². The largest absolute Gasteiger partial charge is 0.490 e. The molecule has 2 aromatic carbocycles. The maximum atomic E-state index is 5.74. The zero-order valence-electron chi connectivity index (χ0n) is 18.5. The van der Waals surface area contributed by atoms with E-state index in [-0.39, 0.29) is 6.04 Å². The highest BCUT2D eigenvalue weighted by molar-refractivity contribution is 5.80. The molecule has 2 aromatic rings. The van der Waals surface area contributed by atoms with Gasteiger partial charge in [-0.25, -0.2) is 0 Å². The Morgan fingerprint density at radius 3 is 2.24 bits per heavy atom. The molecule has 0 amide bonds. The van der Waals surface area contributed by atoms with Gasteiger partial charge in [-0.1, -0.05) is 18.2 Å². The average Bonchev–Trinajstić information content (AvgIpc) is 2.72. The summed E-state index contributed by atoms with van der Waals surface area (Å²) in [6, 6.07) is 14.6.